The molecule has 1 aliphatic heterocycles. The van der Waals surface area contributed by atoms with E-state index >= 15 is 0 Å². The van der Waals surface area contributed by atoms with Gasteiger partial charge in [0.25, 0.3) is 0 Å². The number of anilines is 1. The van der Waals surface area contributed by atoms with Gasteiger partial charge in [-0.15, -0.1) is 0 Å². The molecule has 1 saturated heterocycles. The molecule has 0 spiro atoms. The van der Waals surface area contributed by atoms with Crippen LogP contribution in [-0.4, -0.2) is 44.5 Å². The molecular formula is C24H23Cl2N5O2. The third kappa shape index (κ3) is 4.24. The lowest BCUT2D eigenvalue weighted by atomic mass is 10.1. The molecule has 7 nitrogen and oxygen atoms in total. The summed E-state index contributed by atoms with van der Waals surface area (Å²) in [7, 11) is 0. The number of nitrogens with zero attached hydrogens (tertiary/aromatic N) is 4. The van der Waals surface area contributed by atoms with Crippen LogP contribution >= 0.6 is 23.2 Å². The Labute approximate surface area is 201 Å². The first-order chi connectivity index (χ1) is 16.0. The van der Waals surface area contributed by atoms with E-state index in [2.05, 4.69) is 25.1 Å². The fraction of sp³-hybridized carbons (Fsp3) is 0.292. The molecule has 0 radical (unpaired) electrons. The molecular weight excluding hydrogens is 461 g/mol. The summed E-state index contributed by atoms with van der Waals surface area (Å²) in [6.07, 6.45) is 6.63. The Morgan fingerprint density at radius 3 is 2.73 bits per heavy atom. The summed E-state index contributed by atoms with van der Waals surface area (Å²) < 4.78 is 6.16. The van der Waals surface area contributed by atoms with Crippen molar-refractivity contribution < 1.29 is 9.84 Å². The highest BCUT2D eigenvalue weighted by molar-refractivity contribution is 6.35. The first-order valence-corrected chi connectivity index (χ1v) is 11.6. The van der Waals surface area contributed by atoms with Crippen LogP contribution < -0.4 is 9.64 Å². The smallest absolute Gasteiger partial charge is 0.128 e. The number of H-pyrrole nitrogens is 1. The molecule has 1 aliphatic rings. The molecule has 0 amide bonds. The molecule has 2 N–H and O–H groups in total. The summed E-state index contributed by atoms with van der Waals surface area (Å²) in [5.41, 5.74) is 3.29. The molecule has 0 saturated carbocycles. The van der Waals surface area contributed by atoms with Crippen molar-refractivity contribution >= 4 is 39.9 Å². The number of nitrogens with one attached hydrogen (secondary N) is 1. The molecule has 2 atom stereocenters. The topological polar surface area (TPSA) is 87.2 Å². The van der Waals surface area contributed by atoms with Gasteiger partial charge in [-0.3, -0.25) is 10.1 Å². The third-order valence-electron chi connectivity index (χ3n) is 6.05. The lowest BCUT2D eigenvalue weighted by Crippen LogP contribution is -2.32. The van der Waals surface area contributed by atoms with Gasteiger partial charge in [-0.25, -0.2) is 4.98 Å². The molecule has 4 heterocycles. The van der Waals surface area contributed by atoms with Crippen LogP contribution in [0.15, 0.2) is 48.9 Å². The van der Waals surface area contributed by atoms with E-state index < -0.39 is 0 Å². The van der Waals surface area contributed by atoms with Crippen molar-refractivity contribution in [3.05, 3.63) is 64.5 Å². The maximum atomic E-state index is 9.60. The quantitative estimate of drug-likeness (QED) is 0.380. The van der Waals surface area contributed by atoms with Gasteiger partial charge in [-0.1, -0.05) is 23.2 Å². The number of aliphatic hydroxyl groups is 1. The van der Waals surface area contributed by atoms with E-state index in [1.54, 1.807) is 12.4 Å². The lowest BCUT2D eigenvalue weighted by molar-refractivity contribution is 0.227. The summed E-state index contributed by atoms with van der Waals surface area (Å²) >= 11 is 12.6. The highest BCUT2D eigenvalue weighted by Gasteiger charge is 2.25. The number of rotatable bonds is 6. The zero-order chi connectivity index (χ0) is 22.9. The van der Waals surface area contributed by atoms with Gasteiger partial charge < -0.3 is 14.7 Å². The Morgan fingerprint density at radius 2 is 2.00 bits per heavy atom. The number of hydrogen-bond donors (Lipinski definition) is 2. The first-order valence-electron chi connectivity index (χ1n) is 10.8. The summed E-state index contributed by atoms with van der Waals surface area (Å²) in [6, 6.07) is 9.90. The number of aromatic nitrogens is 4. The number of fused-ring (bicyclic) bond motifs is 1. The fourth-order valence-corrected chi connectivity index (χ4v) is 5.05. The highest BCUT2D eigenvalue weighted by Crippen LogP contribution is 2.35. The van der Waals surface area contributed by atoms with Crippen LogP contribution in [-0.2, 0) is 0 Å². The zero-order valence-corrected chi connectivity index (χ0v) is 19.5. The Kier molecular flexibility index (Phi) is 6.10. The van der Waals surface area contributed by atoms with Gasteiger partial charge in [0.2, 0.25) is 0 Å². The number of aromatic amines is 1. The van der Waals surface area contributed by atoms with Gasteiger partial charge in [0, 0.05) is 41.6 Å². The molecule has 1 fully saturated rings. The van der Waals surface area contributed by atoms with E-state index in [0.29, 0.717) is 21.4 Å². The maximum absolute atomic E-state index is 9.60. The van der Waals surface area contributed by atoms with Crippen LogP contribution in [0.3, 0.4) is 0 Å². The molecule has 1 aromatic carbocycles. The van der Waals surface area contributed by atoms with Gasteiger partial charge in [-0.2, -0.15) is 5.10 Å². The molecule has 0 unspecified atom stereocenters. The highest BCUT2D eigenvalue weighted by atomic mass is 35.5. The van der Waals surface area contributed by atoms with Gasteiger partial charge in [0.05, 0.1) is 28.2 Å². The monoisotopic (exact) mass is 483 g/mol. The van der Waals surface area contributed by atoms with Crippen molar-refractivity contribution in [3.63, 3.8) is 0 Å². The Hall–Kier alpha value is -2.87. The van der Waals surface area contributed by atoms with Crippen molar-refractivity contribution in [2.45, 2.75) is 31.9 Å². The van der Waals surface area contributed by atoms with E-state index in [1.807, 2.05) is 43.5 Å². The first kappa shape index (κ1) is 21.9. The zero-order valence-electron chi connectivity index (χ0n) is 18.0. The number of hydrogen-bond acceptors (Lipinski definition) is 6. The van der Waals surface area contributed by atoms with Gasteiger partial charge in [0.1, 0.15) is 23.4 Å². The minimum atomic E-state index is -0.360. The molecule has 170 valence electrons. The number of aliphatic hydroxyl groups excluding tert-OH is 1. The van der Waals surface area contributed by atoms with Crippen LogP contribution in [0.5, 0.6) is 5.75 Å². The number of pyridine rings is 2. The van der Waals surface area contributed by atoms with Crippen LogP contribution in [0.4, 0.5) is 5.82 Å². The minimum Gasteiger partial charge on any atom is -0.486 e. The Morgan fingerprint density at radius 1 is 1.18 bits per heavy atom. The van der Waals surface area contributed by atoms with E-state index in [4.69, 9.17) is 27.9 Å². The van der Waals surface area contributed by atoms with Crippen molar-refractivity contribution in [2.75, 3.05) is 18.1 Å². The van der Waals surface area contributed by atoms with E-state index in [1.165, 1.54) is 0 Å². The average molecular weight is 484 g/mol. The van der Waals surface area contributed by atoms with Gasteiger partial charge in [0.15, 0.2) is 0 Å². The molecule has 0 bridgehead atoms. The lowest BCUT2D eigenvalue weighted by Gasteiger charge is -2.24. The second-order valence-electron chi connectivity index (χ2n) is 8.13. The molecule has 4 aromatic rings. The van der Waals surface area contributed by atoms with E-state index in [-0.39, 0.29) is 18.8 Å². The molecule has 3 aromatic heterocycles. The summed E-state index contributed by atoms with van der Waals surface area (Å²) in [4.78, 5) is 10.8. The SMILES string of the molecule is C[C@@H](Oc1ccc2[nH]nc(-c3ccc(N4CCC[C@@H]4CO)nc3)c2c1)c1c(Cl)cncc1Cl. The third-order valence-corrected chi connectivity index (χ3v) is 6.65. The van der Waals surface area contributed by atoms with Crippen LogP contribution in [0, 0.1) is 0 Å². The molecule has 9 heteroatoms. The number of benzene rings is 1. The predicted molar refractivity (Wildman–Crippen MR) is 130 cm³/mol. The summed E-state index contributed by atoms with van der Waals surface area (Å²) in [5, 5.41) is 19.0. The van der Waals surface area contributed by atoms with Crippen LogP contribution in [0.1, 0.15) is 31.4 Å². The maximum Gasteiger partial charge on any atom is 0.128 e. The van der Waals surface area contributed by atoms with E-state index in [9.17, 15) is 5.11 Å². The van der Waals surface area contributed by atoms with Gasteiger partial charge >= 0.3 is 0 Å². The second kappa shape index (κ2) is 9.17. The number of ether oxygens (including phenoxy) is 1. The second-order valence-corrected chi connectivity index (χ2v) is 8.95. The van der Waals surface area contributed by atoms with Crippen molar-refractivity contribution in [3.8, 4) is 17.0 Å². The van der Waals surface area contributed by atoms with E-state index in [0.717, 1.165) is 47.4 Å². The van der Waals surface area contributed by atoms with Crippen molar-refractivity contribution in [2.24, 2.45) is 0 Å². The van der Waals surface area contributed by atoms with Crippen LogP contribution in [0.25, 0.3) is 22.2 Å². The molecule has 0 aliphatic carbocycles. The molecule has 33 heavy (non-hydrogen) atoms. The fourth-order valence-electron chi connectivity index (χ4n) is 4.38. The average Bonchev–Trinajstić information content (AvgIpc) is 3.46. The summed E-state index contributed by atoms with van der Waals surface area (Å²) in [5.74, 6) is 1.55. The molecule has 5 rings (SSSR count). The van der Waals surface area contributed by atoms with Crippen molar-refractivity contribution in [1.82, 2.24) is 20.2 Å². The summed E-state index contributed by atoms with van der Waals surface area (Å²) in [6.45, 7) is 2.95. The normalized spacial score (nSPS) is 17.0. The minimum absolute atomic E-state index is 0.138. The predicted octanol–water partition coefficient (Wildman–Crippen LogP) is 5.43. The largest absolute Gasteiger partial charge is 0.486 e. The van der Waals surface area contributed by atoms with Gasteiger partial charge in [-0.05, 0) is 50.1 Å². The van der Waals surface area contributed by atoms with Crippen LogP contribution in [0.2, 0.25) is 10.0 Å². The number of halogens is 2. The Bertz CT molecular complexity index is 1260. The Balaban J connectivity index is 1.42. The standard InChI is InChI=1S/C24H23Cl2N5O2/c1-14(23-19(25)11-27-12-20(23)26)33-17-5-6-21-18(9-17)24(30-29-21)15-4-7-22(28-10-15)31-8-2-3-16(31)13-32/h4-7,9-12,14,16,32H,2-3,8,13H2,1H3,(H,29,30)/t14-,16-/m1/s1. The van der Waals surface area contributed by atoms with Crippen molar-refractivity contribution in [1.29, 1.82) is 0 Å².